The zero-order valence-electron chi connectivity index (χ0n) is 9.99. The Labute approximate surface area is 121 Å². The van der Waals surface area contributed by atoms with E-state index in [2.05, 4.69) is 10.6 Å². The topological polar surface area (TPSA) is 24.1 Å². The summed E-state index contributed by atoms with van der Waals surface area (Å²) in [4.78, 5) is 0. The van der Waals surface area contributed by atoms with Crippen LogP contribution in [0.15, 0.2) is 48.5 Å². The van der Waals surface area contributed by atoms with Crippen molar-refractivity contribution in [3.63, 3.8) is 0 Å². The molecule has 0 bridgehead atoms. The monoisotopic (exact) mass is 294 g/mol. The Morgan fingerprint density at radius 3 is 2.68 bits per heavy atom. The molecule has 0 heterocycles. The number of rotatable bonds is 3. The van der Waals surface area contributed by atoms with Crippen LogP contribution in [0.5, 0.6) is 0 Å². The third-order valence-corrected chi connectivity index (χ3v) is 2.95. The second kappa shape index (κ2) is 6.50. The van der Waals surface area contributed by atoms with Crippen LogP contribution >= 0.6 is 23.8 Å². The van der Waals surface area contributed by atoms with Gasteiger partial charge < -0.3 is 10.6 Å². The fourth-order valence-electron chi connectivity index (χ4n) is 1.56. The van der Waals surface area contributed by atoms with E-state index >= 15 is 0 Å². The maximum absolute atomic E-state index is 13.4. The molecule has 19 heavy (non-hydrogen) atoms. The molecule has 0 amide bonds. The maximum Gasteiger partial charge on any atom is 0.171 e. The molecule has 0 spiro atoms. The van der Waals surface area contributed by atoms with E-state index < -0.39 is 0 Å². The van der Waals surface area contributed by atoms with Crippen LogP contribution in [-0.2, 0) is 6.54 Å². The fraction of sp³-hybridized carbons (Fsp3) is 0.0714. The zero-order valence-corrected chi connectivity index (χ0v) is 11.6. The molecule has 0 unspecified atom stereocenters. The van der Waals surface area contributed by atoms with E-state index in [4.69, 9.17) is 23.8 Å². The quantitative estimate of drug-likeness (QED) is 0.838. The second-order valence-electron chi connectivity index (χ2n) is 3.92. The summed E-state index contributed by atoms with van der Waals surface area (Å²) in [6, 6.07) is 13.8. The molecule has 2 rings (SSSR count). The van der Waals surface area contributed by atoms with Crippen molar-refractivity contribution in [2.45, 2.75) is 6.54 Å². The van der Waals surface area contributed by atoms with Gasteiger partial charge in [-0.1, -0.05) is 35.9 Å². The number of hydrogen-bond donors (Lipinski definition) is 2. The van der Waals surface area contributed by atoms with Crippen LogP contribution < -0.4 is 10.6 Å². The molecule has 0 radical (unpaired) electrons. The molecule has 0 aromatic heterocycles. The van der Waals surface area contributed by atoms with E-state index in [1.54, 1.807) is 24.3 Å². The van der Waals surface area contributed by atoms with Crippen molar-refractivity contribution in [3.8, 4) is 0 Å². The minimum atomic E-state index is -0.339. The lowest BCUT2D eigenvalue weighted by Crippen LogP contribution is -2.28. The van der Waals surface area contributed by atoms with Gasteiger partial charge in [-0.05, 0) is 42.0 Å². The Kier molecular flexibility index (Phi) is 4.71. The van der Waals surface area contributed by atoms with Gasteiger partial charge in [0.1, 0.15) is 5.82 Å². The number of anilines is 1. The highest BCUT2D eigenvalue weighted by Crippen LogP contribution is 2.13. The maximum atomic E-state index is 13.4. The van der Waals surface area contributed by atoms with Crippen LogP contribution in [0.25, 0.3) is 0 Å². The van der Waals surface area contributed by atoms with Crippen molar-refractivity contribution in [2.75, 3.05) is 5.32 Å². The van der Waals surface area contributed by atoms with Crippen molar-refractivity contribution in [2.24, 2.45) is 0 Å². The molecule has 5 heteroatoms. The van der Waals surface area contributed by atoms with Crippen LogP contribution in [0.3, 0.4) is 0 Å². The highest BCUT2D eigenvalue weighted by Gasteiger charge is 2.02. The smallest absolute Gasteiger partial charge is 0.171 e. The van der Waals surface area contributed by atoms with E-state index in [1.807, 2.05) is 18.2 Å². The van der Waals surface area contributed by atoms with Crippen molar-refractivity contribution in [3.05, 3.63) is 64.9 Å². The summed E-state index contributed by atoms with van der Waals surface area (Å²) >= 11 is 11.0. The molecule has 0 aliphatic rings. The lowest BCUT2D eigenvalue weighted by Gasteiger charge is -2.11. The predicted octanol–water partition coefficient (Wildman–Crippen LogP) is 3.97. The van der Waals surface area contributed by atoms with E-state index in [-0.39, 0.29) is 5.82 Å². The van der Waals surface area contributed by atoms with Gasteiger partial charge in [0.2, 0.25) is 0 Å². The lowest BCUT2D eigenvalue weighted by molar-refractivity contribution is 0.632. The Balaban J connectivity index is 1.90. The molecular weight excluding hydrogens is 283 g/mol. The van der Waals surface area contributed by atoms with Crippen molar-refractivity contribution in [1.29, 1.82) is 0 Å². The Hall–Kier alpha value is -1.65. The highest BCUT2D eigenvalue weighted by molar-refractivity contribution is 7.80. The molecule has 0 aliphatic heterocycles. The van der Waals surface area contributed by atoms with Crippen molar-refractivity contribution < 1.29 is 4.39 Å². The average molecular weight is 295 g/mol. The van der Waals surface area contributed by atoms with Crippen LogP contribution in [0, 0.1) is 5.82 Å². The Morgan fingerprint density at radius 1 is 1.16 bits per heavy atom. The summed E-state index contributed by atoms with van der Waals surface area (Å²) in [6.07, 6.45) is 0. The molecule has 0 saturated carbocycles. The second-order valence-corrected chi connectivity index (χ2v) is 4.76. The summed E-state index contributed by atoms with van der Waals surface area (Å²) in [6.45, 7) is 0.529. The van der Waals surface area contributed by atoms with Crippen LogP contribution in [-0.4, -0.2) is 5.11 Å². The number of halogens is 2. The van der Waals surface area contributed by atoms with Gasteiger partial charge in [0.25, 0.3) is 0 Å². The minimum Gasteiger partial charge on any atom is -0.358 e. The minimum absolute atomic E-state index is 0.339. The van der Waals surface area contributed by atoms with Crippen molar-refractivity contribution >= 4 is 34.6 Å². The number of nitrogens with one attached hydrogen (secondary N) is 2. The average Bonchev–Trinajstić information content (AvgIpc) is 2.39. The predicted molar refractivity (Wildman–Crippen MR) is 80.9 cm³/mol. The molecule has 2 aromatic carbocycles. The molecule has 0 fully saturated rings. The molecule has 98 valence electrons. The highest BCUT2D eigenvalue weighted by atomic mass is 35.5. The van der Waals surface area contributed by atoms with Gasteiger partial charge in [0, 0.05) is 11.6 Å². The first-order valence-corrected chi connectivity index (χ1v) is 6.47. The number of benzene rings is 2. The van der Waals surface area contributed by atoms with E-state index in [1.165, 1.54) is 6.07 Å². The van der Waals surface area contributed by atoms with Crippen molar-refractivity contribution in [1.82, 2.24) is 5.32 Å². The molecule has 2 nitrogen and oxygen atoms in total. The lowest BCUT2D eigenvalue weighted by atomic mass is 10.2. The molecule has 0 saturated heterocycles. The van der Waals surface area contributed by atoms with Gasteiger partial charge in [-0.2, -0.15) is 0 Å². The van der Waals surface area contributed by atoms with Gasteiger partial charge in [0.15, 0.2) is 5.11 Å². The summed E-state index contributed by atoms with van der Waals surface area (Å²) in [7, 11) is 0. The first-order valence-electron chi connectivity index (χ1n) is 5.69. The third-order valence-electron chi connectivity index (χ3n) is 2.46. The fourth-order valence-corrected chi connectivity index (χ4v) is 1.95. The van der Waals surface area contributed by atoms with Crippen LogP contribution in [0.1, 0.15) is 5.56 Å². The standard InChI is InChI=1S/C14H12ClFN2S/c15-11-5-3-4-10(8-11)9-17-14(19)18-13-7-2-1-6-12(13)16/h1-8H,9H2,(H2,17,18,19). The Bertz CT molecular complexity index is 589. The first-order chi connectivity index (χ1) is 9.15. The van der Waals surface area contributed by atoms with Gasteiger partial charge in [-0.25, -0.2) is 4.39 Å². The van der Waals surface area contributed by atoms with Gasteiger partial charge in [-0.3, -0.25) is 0 Å². The van der Waals surface area contributed by atoms with Crippen LogP contribution in [0.4, 0.5) is 10.1 Å². The van der Waals surface area contributed by atoms with Gasteiger partial charge in [-0.15, -0.1) is 0 Å². The van der Waals surface area contributed by atoms with Crippen LogP contribution in [0.2, 0.25) is 5.02 Å². The van der Waals surface area contributed by atoms with Gasteiger partial charge in [0.05, 0.1) is 5.69 Å². The summed E-state index contributed by atoms with van der Waals surface area (Å²) in [5.74, 6) is -0.339. The summed E-state index contributed by atoms with van der Waals surface area (Å²) in [5, 5.41) is 6.84. The largest absolute Gasteiger partial charge is 0.358 e. The van der Waals surface area contributed by atoms with E-state index in [0.717, 1.165) is 5.56 Å². The van der Waals surface area contributed by atoms with E-state index in [0.29, 0.717) is 22.4 Å². The molecule has 2 aromatic rings. The third kappa shape index (κ3) is 4.19. The molecule has 0 aliphatic carbocycles. The summed E-state index contributed by atoms with van der Waals surface area (Å²) < 4.78 is 13.4. The first kappa shape index (κ1) is 13.8. The van der Waals surface area contributed by atoms with Gasteiger partial charge >= 0.3 is 0 Å². The summed E-state index contributed by atoms with van der Waals surface area (Å²) in [5.41, 5.74) is 1.36. The normalized spacial score (nSPS) is 10.0. The number of hydrogen-bond acceptors (Lipinski definition) is 1. The number of para-hydroxylation sites is 1. The zero-order chi connectivity index (χ0) is 13.7. The number of thiocarbonyl (C=S) groups is 1. The molecule has 0 atom stereocenters. The van der Waals surface area contributed by atoms with E-state index in [9.17, 15) is 4.39 Å². The SMILES string of the molecule is Fc1ccccc1NC(=S)NCc1cccc(Cl)c1. The molecule has 2 N–H and O–H groups in total. The molecular formula is C14H12ClFN2S. The Morgan fingerprint density at radius 2 is 1.95 bits per heavy atom.